The van der Waals surface area contributed by atoms with Gasteiger partial charge in [0.05, 0.1) is 0 Å². The summed E-state index contributed by atoms with van der Waals surface area (Å²) >= 11 is 0. The number of benzene rings is 2. The number of hydrogen-bond donors (Lipinski definition) is 0. The minimum atomic E-state index is 0.296. The highest BCUT2D eigenvalue weighted by atomic mass is 14.2. The first-order chi connectivity index (χ1) is 10.0. The van der Waals surface area contributed by atoms with Crippen LogP contribution in [0.15, 0.2) is 48.5 Å². The van der Waals surface area contributed by atoms with Crippen LogP contribution in [0.4, 0.5) is 0 Å². The van der Waals surface area contributed by atoms with Gasteiger partial charge < -0.3 is 0 Å². The molecule has 0 nitrogen and oxygen atoms in total. The molecule has 0 aromatic heterocycles. The van der Waals surface area contributed by atoms with Crippen LogP contribution < -0.4 is 0 Å². The van der Waals surface area contributed by atoms with Gasteiger partial charge in [-0.3, -0.25) is 0 Å². The van der Waals surface area contributed by atoms with Gasteiger partial charge in [-0.2, -0.15) is 0 Å². The topological polar surface area (TPSA) is 0 Å². The van der Waals surface area contributed by atoms with Gasteiger partial charge in [0.2, 0.25) is 0 Å². The molecule has 0 heteroatoms. The van der Waals surface area contributed by atoms with Crippen LogP contribution in [-0.2, 0) is 18.3 Å². The molecule has 0 radical (unpaired) electrons. The van der Waals surface area contributed by atoms with Crippen molar-refractivity contribution in [3.63, 3.8) is 0 Å². The Hall–Kier alpha value is -1.56. The molecule has 2 aromatic carbocycles. The molecule has 0 unspecified atom stereocenters. The van der Waals surface area contributed by atoms with E-state index < -0.39 is 0 Å². The maximum absolute atomic E-state index is 2.35. The largest absolute Gasteiger partial charge is 0.0654 e. The van der Waals surface area contributed by atoms with E-state index in [9.17, 15) is 0 Å². The van der Waals surface area contributed by atoms with Crippen LogP contribution in [0, 0.1) is 6.92 Å². The quantitative estimate of drug-likeness (QED) is 0.622. The second kappa shape index (κ2) is 6.93. The Labute approximate surface area is 130 Å². The molecule has 0 fully saturated rings. The molecule has 0 heterocycles. The summed E-state index contributed by atoms with van der Waals surface area (Å²) in [5.74, 6) is 0. The van der Waals surface area contributed by atoms with Gasteiger partial charge in [-0.25, -0.2) is 0 Å². The lowest BCUT2D eigenvalue weighted by atomic mass is 9.80. The summed E-state index contributed by atoms with van der Waals surface area (Å²) in [4.78, 5) is 0. The Morgan fingerprint density at radius 3 is 1.71 bits per heavy atom. The van der Waals surface area contributed by atoms with Crippen molar-refractivity contribution in [3.05, 3.63) is 70.8 Å². The van der Waals surface area contributed by atoms with Gasteiger partial charge in [-0.05, 0) is 48.3 Å². The maximum atomic E-state index is 2.35. The zero-order valence-electron chi connectivity index (χ0n) is 13.9. The second-order valence-electron chi connectivity index (χ2n) is 6.82. The van der Waals surface area contributed by atoms with Crippen LogP contribution in [0.2, 0.25) is 0 Å². The summed E-state index contributed by atoms with van der Waals surface area (Å²) in [5.41, 5.74) is 5.96. The molecule has 112 valence electrons. The molecule has 0 aliphatic carbocycles. The van der Waals surface area contributed by atoms with Gasteiger partial charge >= 0.3 is 0 Å². The van der Waals surface area contributed by atoms with Gasteiger partial charge in [0.1, 0.15) is 0 Å². The zero-order chi connectivity index (χ0) is 15.3. The average Bonchev–Trinajstić information content (AvgIpc) is 2.47. The molecular formula is C21H28. The first-order valence-corrected chi connectivity index (χ1v) is 8.16. The number of rotatable bonds is 6. The summed E-state index contributed by atoms with van der Waals surface area (Å²) in [6.07, 6.45) is 4.73. The van der Waals surface area contributed by atoms with Gasteiger partial charge in [0.25, 0.3) is 0 Å². The summed E-state index contributed by atoms with van der Waals surface area (Å²) in [7, 11) is 0. The van der Waals surface area contributed by atoms with Crippen LogP contribution in [-0.4, -0.2) is 0 Å². The molecule has 0 aliphatic heterocycles. The third-order valence-electron chi connectivity index (χ3n) is 4.43. The van der Waals surface area contributed by atoms with Gasteiger partial charge in [-0.15, -0.1) is 0 Å². The van der Waals surface area contributed by atoms with Crippen LogP contribution in [0.5, 0.6) is 0 Å². The van der Waals surface area contributed by atoms with Crippen LogP contribution in [0.1, 0.15) is 55.9 Å². The molecule has 0 saturated heterocycles. The summed E-state index contributed by atoms with van der Waals surface area (Å²) in [6.45, 7) is 9.09. The van der Waals surface area contributed by atoms with Crippen molar-refractivity contribution >= 4 is 0 Å². The third kappa shape index (κ3) is 4.46. The predicted molar refractivity (Wildman–Crippen MR) is 93.0 cm³/mol. The van der Waals surface area contributed by atoms with E-state index in [4.69, 9.17) is 0 Å². The highest BCUT2D eigenvalue weighted by Gasteiger charge is 2.18. The van der Waals surface area contributed by atoms with E-state index in [0.717, 1.165) is 12.8 Å². The van der Waals surface area contributed by atoms with Crippen molar-refractivity contribution in [2.45, 2.75) is 58.8 Å². The molecule has 0 bridgehead atoms. The molecule has 0 aliphatic rings. The highest BCUT2D eigenvalue weighted by Crippen LogP contribution is 2.28. The summed E-state index contributed by atoms with van der Waals surface area (Å²) in [6, 6.07) is 18.1. The fourth-order valence-electron chi connectivity index (χ4n) is 2.94. The molecule has 0 spiro atoms. The monoisotopic (exact) mass is 280 g/mol. The first kappa shape index (κ1) is 15.8. The van der Waals surface area contributed by atoms with E-state index in [1.165, 1.54) is 35.1 Å². The number of aryl methyl sites for hydroxylation is 3. The fraction of sp³-hybridized carbons (Fsp3) is 0.429. The summed E-state index contributed by atoms with van der Waals surface area (Å²) < 4.78 is 0. The van der Waals surface area contributed by atoms with E-state index in [0.29, 0.717) is 5.41 Å². The van der Waals surface area contributed by atoms with E-state index in [1.54, 1.807) is 0 Å². The Morgan fingerprint density at radius 1 is 0.762 bits per heavy atom. The van der Waals surface area contributed by atoms with E-state index in [1.807, 2.05) is 0 Å². The van der Waals surface area contributed by atoms with Crippen molar-refractivity contribution < 1.29 is 0 Å². The van der Waals surface area contributed by atoms with Gasteiger partial charge in [0, 0.05) is 0 Å². The Kier molecular flexibility index (Phi) is 5.22. The molecule has 0 saturated carbocycles. The molecule has 0 amide bonds. The van der Waals surface area contributed by atoms with Crippen molar-refractivity contribution in [1.82, 2.24) is 0 Å². The minimum Gasteiger partial charge on any atom is -0.0654 e. The molecule has 0 N–H and O–H groups in total. The van der Waals surface area contributed by atoms with Gasteiger partial charge in [0.15, 0.2) is 0 Å². The van der Waals surface area contributed by atoms with E-state index >= 15 is 0 Å². The Balaban J connectivity index is 1.98. The fourth-order valence-corrected chi connectivity index (χ4v) is 2.94. The summed E-state index contributed by atoms with van der Waals surface area (Å²) in [5, 5.41) is 0. The minimum absolute atomic E-state index is 0.296. The van der Waals surface area contributed by atoms with Crippen molar-refractivity contribution in [2.75, 3.05) is 0 Å². The predicted octanol–water partition coefficient (Wildman–Crippen LogP) is 5.86. The van der Waals surface area contributed by atoms with E-state index in [-0.39, 0.29) is 0 Å². The van der Waals surface area contributed by atoms with Crippen molar-refractivity contribution in [1.29, 1.82) is 0 Å². The lowest BCUT2D eigenvalue weighted by Gasteiger charge is -2.24. The number of hydrogen-bond acceptors (Lipinski definition) is 0. The lowest BCUT2D eigenvalue weighted by Crippen LogP contribution is -2.16. The lowest BCUT2D eigenvalue weighted by molar-refractivity contribution is 0.473. The third-order valence-corrected chi connectivity index (χ3v) is 4.43. The molecule has 2 rings (SSSR count). The van der Waals surface area contributed by atoms with Crippen molar-refractivity contribution in [2.24, 2.45) is 0 Å². The van der Waals surface area contributed by atoms with Crippen LogP contribution >= 0.6 is 0 Å². The van der Waals surface area contributed by atoms with Crippen molar-refractivity contribution in [3.8, 4) is 0 Å². The first-order valence-electron chi connectivity index (χ1n) is 8.16. The molecule has 0 atom stereocenters. The Bertz CT molecular complexity index is 544. The second-order valence-corrected chi connectivity index (χ2v) is 6.82. The smallest absolute Gasteiger partial charge is 0.0104 e. The molecule has 21 heavy (non-hydrogen) atoms. The van der Waals surface area contributed by atoms with Crippen LogP contribution in [0.3, 0.4) is 0 Å². The highest BCUT2D eigenvalue weighted by molar-refractivity contribution is 5.29. The normalized spacial score (nSPS) is 11.6. The molecule has 2 aromatic rings. The zero-order valence-corrected chi connectivity index (χ0v) is 13.9. The SMILES string of the molecule is CCCC(C)(C)c1ccc(CCc2ccc(C)cc2)cc1. The van der Waals surface area contributed by atoms with Crippen LogP contribution in [0.25, 0.3) is 0 Å². The maximum Gasteiger partial charge on any atom is -0.0104 e. The van der Waals surface area contributed by atoms with E-state index in [2.05, 4.69) is 76.2 Å². The average molecular weight is 280 g/mol. The van der Waals surface area contributed by atoms with Gasteiger partial charge in [-0.1, -0.05) is 81.3 Å². The Morgan fingerprint density at radius 2 is 1.24 bits per heavy atom. The standard InChI is InChI=1S/C21H28/c1-5-16-21(3,4)20-14-12-19(13-15-20)11-10-18-8-6-17(2)7-9-18/h6-9,12-15H,5,10-11,16H2,1-4H3. The molecular weight excluding hydrogens is 252 g/mol.